The molecule has 14 heavy (non-hydrogen) atoms. The van der Waals surface area contributed by atoms with E-state index in [0.29, 0.717) is 0 Å². The van der Waals surface area contributed by atoms with Gasteiger partial charge in [-0.3, -0.25) is 4.79 Å². The van der Waals surface area contributed by atoms with Crippen molar-refractivity contribution in [3.63, 3.8) is 0 Å². The molecule has 6 N–H and O–H groups in total. The molecule has 1 unspecified atom stereocenters. The zero-order valence-electron chi connectivity index (χ0n) is 7.32. The van der Waals surface area contributed by atoms with E-state index < -0.39 is 43.4 Å². The van der Waals surface area contributed by atoms with Crippen molar-refractivity contribution in [2.75, 3.05) is 13.2 Å². The van der Waals surface area contributed by atoms with Crippen LogP contribution in [0.25, 0.3) is 0 Å². The van der Waals surface area contributed by atoms with Crippen molar-refractivity contribution in [2.24, 2.45) is 0 Å². The van der Waals surface area contributed by atoms with Gasteiger partial charge in [0.1, 0.15) is 24.4 Å². The van der Waals surface area contributed by atoms with Crippen LogP contribution >= 0.6 is 0 Å². The molecule has 0 saturated heterocycles. The summed E-state index contributed by atoms with van der Waals surface area (Å²) in [6, 6.07) is 0. The molecular weight excluding hydrogens is 196 g/mol. The van der Waals surface area contributed by atoms with Gasteiger partial charge in [-0.15, -0.1) is 0 Å². The molecule has 0 aromatic rings. The predicted octanol–water partition coefficient (Wildman–Crippen LogP) is -4.02. The molecule has 0 rings (SSSR count). The molecule has 0 aliphatic rings. The number of aliphatic hydroxyl groups excluding tert-OH is 6. The molecule has 0 aliphatic carbocycles. The monoisotopic (exact) mass is 210 g/mol. The highest BCUT2D eigenvalue weighted by Crippen LogP contribution is 2.02. The van der Waals surface area contributed by atoms with Gasteiger partial charge in [-0.2, -0.15) is 0 Å². The Hall–Kier alpha value is -0.570. The minimum Gasteiger partial charge on any atom is -0.394 e. The maximum atomic E-state index is 11.0. The van der Waals surface area contributed by atoms with Crippen molar-refractivity contribution in [1.82, 2.24) is 0 Å². The second kappa shape index (κ2) is 6.02. The van der Waals surface area contributed by atoms with Crippen LogP contribution in [0.1, 0.15) is 0 Å². The van der Waals surface area contributed by atoms with Crippen molar-refractivity contribution in [3.8, 4) is 0 Å². The largest absolute Gasteiger partial charge is 0.394 e. The second-order valence-electron chi connectivity index (χ2n) is 2.79. The van der Waals surface area contributed by atoms with Gasteiger partial charge >= 0.3 is 0 Å². The molecule has 0 radical (unpaired) electrons. The molecule has 84 valence electrons. The van der Waals surface area contributed by atoms with E-state index >= 15 is 0 Å². The van der Waals surface area contributed by atoms with Crippen LogP contribution < -0.4 is 0 Å². The van der Waals surface area contributed by atoms with Crippen molar-refractivity contribution >= 4 is 5.78 Å². The maximum absolute atomic E-state index is 11.0. The van der Waals surface area contributed by atoms with E-state index in [4.69, 9.17) is 30.6 Å². The maximum Gasteiger partial charge on any atom is 0.195 e. The minimum atomic E-state index is -1.99. The SMILES string of the molecule is O=C([C@@H](O)[C@H](O)CO)[C@H](O)C(O)CO. The van der Waals surface area contributed by atoms with Crippen LogP contribution in [0.4, 0.5) is 0 Å². The molecule has 0 spiro atoms. The zero-order chi connectivity index (χ0) is 11.3. The van der Waals surface area contributed by atoms with Gasteiger partial charge in [0, 0.05) is 0 Å². The van der Waals surface area contributed by atoms with Gasteiger partial charge < -0.3 is 30.6 Å². The summed E-state index contributed by atoms with van der Waals surface area (Å²) in [5.74, 6) is -1.26. The molecule has 0 aromatic heterocycles. The van der Waals surface area contributed by atoms with Crippen molar-refractivity contribution in [3.05, 3.63) is 0 Å². The highest BCUT2D eigenvalue weighted by Gasteiger charge is 2.32. The molecular formula is C7H14O7. The van der Waals surface area contributed by atoms with Crippen LogP contribution in [0.2, 0.25) is 0 Å². The van der Waals surface area contributed by atoms with Crippen LogP contribution in [-0.4, -0.2) is 74.1 Å². The van der Waals surface area contributed by atoms with E-state index in [1.807, 2.05) is 0 Å². The third-order valence-corrected chi connectivity index (χ3v) is 1.69. The average molecular weight is 210 g/mol. The highest BCUT2D eigenvalue weighted by atomic mass is 16.4. The van der Waals surface area contributed by atoms with Crippen molar-refractivity contribution in [2.45, 2.75) is 24.4 Å². The van der Waals surface area contributed by atoms with Gasteiger partial charge in [0.15, 0.2) is 5.78 Å². The second-order valence-corrected chi connectivity index (χ2v) is 2.79. The van der Waals surface area contributed by atoms with Crippen molar-refractivity contribution < 1.29 is 35.4 Å². The van der Waals surface area contributed by atoms with Crippen LogP contribution in [0.5, 0.6) is 0 Å². The topological polar surface area (TPSA) is 138 Å². The number of Topliss-reactive ketones (excluding diaryl/α,β-unsaturated/α-hetero) is 1. The smallest absolute Gasteiger partial charge is 0.195 e. The molecule has 0 bridgehead atoms. The standard InChI is InChI=1S/C7H14O7/c8-1-3(10)5(12)7(14)6(13)4(11)2-9/h3-6,8-13H,1-2H2/t3-,4?,5+,6-/m1/s1. The fraction of sp³-hybridized carbons (Fsp3) is 0.857. The van der Waals surface area contributed by atoms with Crippen LogP contribution in [0, 0.1) is 0 Å². The Morgan fingerprint density at radius 3 is 1.36 bits per heavy atom. The molecule has 0 amide bonds. The van der Waals surface area contributed by atoms with E-state index in [0.717, 1.165) is 0 Å². The Balaban J connectivity index is 4.31. The summed E-state index contributed by atoms with van der Waals surface area (Å²) in [6.07, 6.45) is -7.42. The number of carbonyl (C=O) groups excluding carboxylic acids is 1. The summed E-state index contributed by atoms with van der Waals surface area (Å²) in [7, 11) is 0. The lowest BCUT2D eigenvalue weighted by molar-refractivity contribution is -0.150. The van der Waals surface area contributed by atoms with E-state index in [1.54, 1.807) is 0 Å². The van der Waals surface area contributed by atoms with Gasteiger partial charge in [0.2, 0.25) is 0 Å². The number of aliphatic hydroxyl groups is 6. The first-order valence-electron chi connectivity index (χ1n) is 3.93. The van der Waals surface area contributed by atoms with Gasteiger partial charge in [-0.25, -0.2) is 0 Å². The summed E-state index contributed by atoms with van der Waals surface area (Å²) >= 11 is 0. The van der Waals surface area contributed by atoms with E-state index in [1.165, 1.54) is 0 Å². The highest BCUT2D eigenvalue weighted by molar-refractivity contribution is 5.88. The summed E-state index contributed by atoms with van der Waals surface area (Å²) in [6.45, 7) is -1.70. The van der Waals surface area contributed by atoms with Gasteiger partial charge in [0.05, 0.1) is 13.2 Å². The van der Waals surface area contributed by atoms with Crippen LogP contribution in [0.3, 0.4) is 0 Å². The molecule has 0 aromatic carbocycles. The first-order valence-corrected chi connectivity index (χ1v) is 3.93. The third-order valence-electron chi connectivity index (χ3n) is 1.69. The number of carbonyl (C=O) groups is 1. The molecule has 0 aliphatic heterocycles. The molecule has 0 saturated carbocycles. The lowest BCUT2D eigenvalue weighted by atomic mass is 10.0. The lowest BCUT2D eigenvalue weighted by Crippen LogP contribution is -2.47. The predicted molar refractivity (Wildman–Crippen MR) is 43.2 cm³/mol. The third kappa shape index (κ3) is 3.29. The summed E-state index contributed by atoms with van der Waals surface area (Å²) in [5.41, 5.74) is 0. The summed E-state index contributed by atoms with van der Waals surface area (Å²) < 4.78 is 0. The Labute approximate surface area is 79.9 Å². The Morgan fingerprint density at radius 1 is 0.857 bits per heavy atom. The van der Waals surface area contributed by atoms with Crippen molar-refractivity contribution in [1.29, 1.82) is 0 Å². The van der Waals surface area contributed by atoms with E-state index in [-0.39, 0.29) is 0 Å². The van der Waals surface area contributed by atoms with E-state index in [2.05, 4.69) is 0 Å². The fourth-order valence-electron chi connectivity index (χ4n) is 0.754. The summed E-state index contributed by atoms with van der Waals surface area (Å²) in [5, 5.41) is 52.4. The molecule has 7 heteroatoms. The fourth-order valence-corrected chi connectivity index (χ4v) is 0.754. The number of hydrogen-bond acceptors (Lipinski definition) is 7. The number of hydrogen-bond donors (Lipinski definition) is 6. The van der Waals surface area contributed by atoms with Gasteiger partial charge in [-0.05, 0) is 0 Å². The number of rotatable bonds is 6. The van der Waals surface area contributed by atoms with Crippen LogP contribution in [-0.2, 0) is 4.79 Å². The van der Waals surface area contributed by atoms with E-state index in [9.17, 15) is 4.79 Å². The zero-order valence-corrected chi connectivity index (χ0v) is 7.32. The minimum absolute atomic E-state index is 0.852. The summed E-state index contributed by atoms with van der Waals surface area (Å²) in [4.78, 5) is 11.0. The first kappa shape index (κ1) is 13.4. The first-order chi connectivity index (χ1) is 6.45. The van der Waals surface area contributed by atoms with Crippen LogP contribution in [0.15, 0.2) is 0 Å². The Bertz CT molecular complexity index is 165. The Morgan fingerprint density at radius 2 is 1.14 bits per heavy atom. The number of ketones is 1. The quantitative estimate of drug-likeness (QED) is 0.262. The molecule has 4 atom stereocenters. The molecule has 0 heterocycles. The lowest BCUT2D eigenvalue weighted by Gasteiger charge is -2.20. The van der Waals surface area contributed by atoms with Gasteiger partial charge in [-0.1, -0.05) is 0 Å². The normalized spacial score (nSPS) is 19.9. The molecule has 0 fully saturated rings. The molecule has 7 nitrogen and oxygen atoms in total. The Kier molecular flexibility index (Phi) is 5.77. The average Bonchev–Trinajstić information content (AvgIpc) is 2.23. The van der Waals surface area contributed by atoms with Gasteiger partial charge in [0.25, 0.3) is 0 Å².